The van der Waals surface area contributed by atoms with Crippen molar-refractivity contribution >= 4 is 35.8 Å². The third-order valence-corrected chi connectivity index (χ3v) is 13.4. The van der Waals surface area contributed by atoms with Crippen molar-refractivity contribution in [2.24, 2.45) is 11.8 Å². The Labute approximate surface area is 288 Å². The van der Waals surface area contributed by atoms with E-state index < -0.39 is 13.9 Å². The Morgan fingerprint density at radius 3 is 2.61 bits per heavy atom. The molecule has 49 heavy (non-hydrogen) atoms. The highest BCUT2D eigenvalue weighted by atomic mass is 28.3. The molecule has 6 heterocycles. The Morgan fingerprint density at radius 2 is 1.86 bits per heavy atom. The molecule has 0 unspecified atom stereocenters. The molecular formula is C36H49FN8O3Si. The van der Waals surface area contributed by atoms with Crippen LogP contribution in [0.3, 0.4) is 0 Å². The second kappa shape index (κ2) is 12.5. The highest BCUT2D eigenvalue weighted by Crippen LogP contribution is 2.43. The van der Waals surface area contributed by atoms with Crippen LogP contribution in [0.2, 0.25) is 25.7 Å². The molecule has 2 bridgehead atoms. The zero-order valence-corrected chi connectivity index (χ0v) is 30.5. The number of anilines is 1. The van der Waals surface area contributed by atoms with Crippen molar-refractivity contribution in [2.75, 3.05) is 44.3 Å². The van der Waals surface area contributed by atoms with Gasteiger partial charge < -0.3 is 19.5 Å². The van der Waals surface area contributed by atoms with E-state index in [0.717, 1.165) is 80.8 Å². The summed E-state index contributed by atoms with van der Waals surface area (Å²) in [7, 11) is -1.23. The molecule has 1 N–H and O–H groups in total. The van der Waals surface area contributed by atoms with Crippen molar-refractivity contribution in [3.8, 4) is 17.3 Å². The van der Waals surface area contributed by atoms with Gasteiger partial charge in [0, 0.05) is 45.4 Å². The van der Waals surface area contributed by atoms with Crippen LogP contribution in [0, 0.1) is 31.5 Å². The zero-order chi connectivity index (χ0) is 34.1. The maximum atomic E-state index is 17.1. The van der Waals surface area contributed by atoms with E-state index in [2.05, 4.69) is 39.8 Å². The minimum absolute atomic E-state index is 0.00325. The molecule has 3 aliphatic heterocycles. The van der Waals surface area contributed by atoms with Crippen molar-refractivity contribution in [2.45, 2.75) is 96.4 Å². The van der Waals surface area contributed by atoms with Crippen LogP contribution in [-0.2, 0) is 11.5 Å². The molecule has 4 aromatic rings. The third kappa shape index (κ3) is 6.00. The molecular weight excluding hydrogens is 640 g/mol. The fourth-order valence-corrected chi connectivity index (χ4v) is 9.56. The zero-order valence-electron chi connectivity index (χ0n) is 29.5. The molecule has 3 atom stereocenters. The van der Waals surface area contributed by atoms with Crippen LogP contribution in [0.4, 0.5) is 10.2 Å². The van der Waals surface area contributed by atoms with Crippen molar-refractivity contribution in [3.05, 3.63) is 29.2 Å². The third-order valence-electron chi connectivity index (χ3n) is 11.7. The van der Waals surface area contributed by atoms with E-state index in [0.29, 0.717) is 48.0 Å². The van der Waals surface area contributed by atoms with Crippen LogP contribution in [-0.4, -0.2) is 99.1 Å². The number of pyridine rings is 1. The fraction of sp³-hybridized carbons (Fsp3) is 0.639. The Bertz CT molecular complexity index is 1880. The first-order valence-electron chi connectivity index (χ1n) is 18.1. The summed E-state index contributed by atoms with van der Waals surface area (Å²) in [6.45, 7) is 16.0. The first-order chi connectivity index (χ1) is 23.5. The first kappa shape index (κ1) is 32.9. The standard InChI is InChI=1S/C36H49FN8O3Si/c1-22-14-27-32(41-42-45(27)21-47-12-13-49(3,4)5)29(23(22)2)33-30(37)31-26(17-38-33)34(43-18-24-15-25(19-43)28(46)16-24)40-35(39-31)48-20-36-8-6-10-44(36)11-7-9-36/h14,17,24-25,28,46H,6-13,15-16,18-21H2,1-5H3/t24-,25-,28-/m1/s1. The lowest BCUT2D eigenvalue weighted by Gasteiger charge is -2.34. The normalized spacial score (nSPS) is 23.7. The van der Waals surface area contributed by atoms with Crippen molar-refractivity contribution in [1.29, 1.82) is 0 Å². The first-order valence-corrected chi connectivity index (χ1v) is 21.8. The van der Waals surface area contributed by atoms with Crippen LogP contribution in [0.1, 0.15) is 49.7 Å². The Kier molecular flexibility index (Phi) is 8.40. The number of fused-ring (bicyclic) bond motifs is 5. The largest absolute Gasteiger partial charge is 0.461 e. The number of hydrogen-bond acceptors (Lipinski definition) is 10. The molecule has 11 nitrogen and oxygen atoms in total. The summed E-state index contributed by atoms with van der Waals surface area (Å²) in [6.07, 6.45) is 7.68. The van der Waals surface area contributed by atoms with Gasteiger partial charge in [0.1, 0.15) is 35.9 Å². The van der Waals surface area contributed by atoms with Gasteiger partial charge in [0.2, 0.25) is 0 Å². The molecule has 3 saturated heterocycles. The quantitative estimate of drug-likeness (QED) is 0.164. The summed E-state index contributed by atoms with van der Waals surface area (Å²) in [5.74, 6) is 0.639. The highest BCUT2D eigenvalue weighted by molar-refractivity contribution is 6.76. The maximum absolute atomic E-state index is 17.1. The van der Waals surface area contributed by atoms with E-state index in [9.17, 15) is 5.11 Å². The minimum atomic E-state index is -1.23. The number of aryl methyl sites for hydroxylation is 1. The molecule has 3 aromatic heterocycles. The molecule has 1 aromatic carbocycles. The second-order valence-electron chi connectivity index (χ2n) is 16.3. The number of benzene rings is 1. The number of halogens is 1. The van der Waals surface area contributed by atoms with Gasteiger partial charge in [-0.25, -0.2) is 9.07 Å². The van der Waals surface area contributed by atoms with Crippen molar-refractivity contribution in [1.82, 2.24) is 34.8 Å². The van der Waals surface area contributed by atoms with Crippen LogP contribution in [0.15, 0.2) is 12.3 Å². The van der Waals surface area contributed by atoms with Gasteiger partial charge in [0.15, 0.2) is 5.82 Å². The predicted molar refractivity (Wildman–Crippen MR) is 190 cm³/mol. The molecule has 0 spiro atoms. The Morgan fingerprint density at radius 1 is 1.06 bits per heavy atom. The molecule has 0 radical (unpaired) electrons. The lowest BCUT2D eigenvalue weighted by molar-refractivity contribution is 0.0803. The number of hydrogen-bond donors (Lipinski definition) is 1. The monoisotopic (exact) mass is 688 g/mol. The van der Waals surface area contributed by atoms with Crippen LogP contribution >= 0.6 is 0 Å². The summed E-state index contributed by atoms with van der Waals surface area (Å²) in [6, 6.07) is 3.29. The van der Waals surface area contributed by atoms with Gasteiger partial charge in [0.05, 0.1) is 22.5 Å². The Hall–Kier alpha value is -3.26. The smallest absolute Gasteiger partial charge is 0.319 e. The van der Waals surface area contributed by atoms with Crippen molar-refractivity contribution in [3.63, 3.8) is 0 Å². The number of piperidine rings is 1. The molecule has 4 fully saturated rings. The van der Waals surface area contributed by atoms with Crippen LogP contribution in [0.5, 0.6) is 6.01 Å². The van der Waals surface area contributed by atoms with E-state index in [1.807, 2.05) is 19.9 Å². The number of ether oxygens (including phenoxy) is 2. The topological polar surface area (TPSA) is 115 Å². The van der Waals surface area contributed by atoms with Gasteiger partial charge in [0.25, 0.3) is 0 Å². The van der Waals surface area contributed by atoms with E-state index in [4.69, 9.17) is 24.4 Å². The van der Waals surface area contributed by atoms with Gasteiger partial charge in [-0.3, -0.25) is 9.88 Å². The average molecular weight is 689 g/mol. The lowest BCUT2D eigenvalue weighted by Crippen LogP contribution is -2.43. The highest BCUT2D eigenvalue weighted by Gasteiger charge is 2.45. The van der Waals surface area contributed by atoms with Crippen molar-refractivity contribution < 1.29 is 19.0 Å². The number of nitrogens with zero attached hydrogens (tertiary/aromatic N) is 8. The second-order valence-corrected chi connectivity index (χ2v) is 21.9. The average Bonchev–Trinajstić information content (AvgIpc) is 3.82. The molecule has 1 saturated carbocycles. The van der Waals surface area contributed by atoms with Gasteiger partial charge in [-0.05, 0) is 94.6 Å². The number of aliphatic hydroxyl groups is 1. The number of rotatable bonds is 10. The number of aliphatic hydroxyl groups excluding tert-OH is 1. The van der Waals surface area contributed by atoms with E-state index in [-0.39, 0.29) is 41.5 Å². The van der Waals surface area contributed by atoms with Gasteiger partial charge in [-0.15, -0.1) is 5.10 Å². The summed E-state index contributed by atoms with van der Waals surface area (Å²) in [5, 5.41) is 20.2. The molecule has 13 heteroatoms. The van der Waals surface area contributed by atoms with Gasteiger partial charge in [-0.1, -0.05) is 24.9 Å². The molecule has 1 aliphatic carbocycles. The van der Waals surface area contributed by atoms with E-state index >= 15 is 4.39 Å². The summed E-state index contributed by atoms with van der Waals surface area (Å²) in [4.78, 5) is 19.2. The SMILES string of the molecule is Cc1cc2c(nnn2COCC[Si](C)(C)C)c(-c2ncc3c(N4C[C@@H]5C[C@H](C4)[C@H](O)C5)nc(OCC45CCCN4CCC5)nc3c2F)c1C. The minimum Gasteiger partial charge on any atom is -0.461 e. The number of aromatic nitrogens is 6. The van der Waals surface area contributed by atoms with Crippen LogP contribution in [0.25, 0.3) is 33.2 Å². The summed E-state index contributed by atoms with van der Waals surface area (Å²) < 4.78 is 31.3. The Balaban J connectivity index is 1.19. The van der Waals surface area contributed by atoms with E-state index in [1.54, 1.807) is 10.9 Å². The molecule has 0 amide bonds. The van der Waals surface area contributed by atoms with Crippen LogP contribution < -0.4 is 9.64 Å². The van der Waals surface area contributed by atoms with Gasteiger partial charge >= 0.3 is 6.01 Å². The molecule has 8 rings (SSSR count). The van der Waals surface area contributed by atoms with E-state index in [1.165, 1.54) is 0 Å². The molecule has 4 aliphatic rings. The molecule has 262 valence electrons. The maximum Gasteiger partial charge on any atom is 0.319 e. The fourth-order valence-electron chi connectivity index (χ4n) is 8.81. The predicted octanol–water partition coefficient (Wildman–Crippen LogP) is 5.72. The summed E-state index contributed by atoms with van der Waals surface area (Å²) in [5.41, 5.74) is 4.22. The summed E-state index contributed by atoms with van der Waals surface area (Å²) >= 11 is 0. The van der Waals surface area contributed by atoms with Gasteiger partial charge in [-0.2, -0.15) is 9.97 Å². The lowest BCUT2D eigenvalue weighted by atomic mass is 9.95.